The number of rotatable bonds is 10. The maximum absolute atomic E-state index is 12.6. The molecule has 0 aliphatic carbocycles. The quantitative estimate of drug-likeness (QED) is 0.221. The van der Waals surface area contributed by atoms with Crippen LogP contribution in [0.3, 0.4) is 0 Å². The number of carbonyl (C=O) groups excluding carboxylic acids is 1. The maximum Gasteiger partial charge on any atom is 0.318 e. The molecule has 0 N–H and O–H groups in total. The molecule has 0 saturated carbocycles. The minimum absolute atomic E-state index is 0.259. The summed E-state index contributed by atoms with van der Waals surface area (Å²) in [7, 11) is 3.26. The monoisotopic (exact) mass is 448 g/mol. The first-order chi connectivity index (χ1) is 15.7. The number of esters is 1. The lowest BCUT2D eigenvalue weighted by atomic mass is 9.97. The van der Waals surface area contributed by atoms with Gasteiger partial charge in [0, 0.05) is 6.07 Å². The van der Waals surface area contributed by atoms with Gasteiger partial charge in [0.05, 0.1) is 20.1 Å². The highest BCUT2D eigenvalue weighted by Crippen LogP contribution is 2.24. The van der Waals surface area contributed by atoms with Crippen molar-refractivity contribution in [3.8, 4) is 11.5 Å². The van der Waals surface area contributed by atoms with Crippen LogP contribution in [0.2, 0.25) is 0 Å². The molecule has 2 rings (SSSR count). The van der Waals surface area contributed by atoms with Crippen molar-refractivity contribution in [3.05, 3.63) is 88.7 Å². The molecule has 176 valence electrons. The van der Waals surface area contributed by atoms with Crippen LogP contribution in [0.1, 0.15) is 57.2 Å². The van der Waals surface area contributed by atoms with E-state index in [2.05, 4.69) is 26.0 Å². The van der Waals surface area contributed by atoms with Crippen LogP contribution in [0.25, 0.3) is 6.08 Å². The van der Waals surface area contributed by atoms with Gasteiger partial charge in [0.2, 0.25) is 0 Å². The summed E-state index contributed by atoms with van der Waals surface area (Å²) in [5, 5.41) is 0. The molecule has 0 bridgehead atoms. The molecule has 33 heavy (non-hydrogen) atoms. The second-order valence-electron chi connectivity index (χ2n) is 8.65. The van der Waals surface area contributed by atoms with Crippen LogP contribution < -0.4 is 9.47 Å². The van der Waals surface area contributed by atoms with Crippen LogP contribution in [-0.2, 0) is 16.0 Å². The van der Waals surface area contributed by atoms with Crippen molar-refractivity contribution in [3.63, 3.8) is 0 Å². The Balaban J connectivity index is 1.99. The van der Waals surface area contributed by atoms with Gasteiger partial charge >= 0.3 is 5.97 Å². The summed E-state index contributed by atoms with van der Waals surface area (Å²) >= 11 is 0. The Labute approximate surface area is 198 Å². The summed E-state index contributed by atoms with van der Waals surface area (Å²) in [6.45, 7) is 10.0. The highest BCUT2D eigenvalue weighted by molar-refractivity contribution is 5.78. The summed E-state index contributed by atoms with van der Waals surface area (Å²) in [6.07, 6.45) is 8.73. The lowest BCUT2D eigenvalue weighted by Gasteiger charge is -2.13. The molecule has 2 aromatic rings. The van der Waals surface area contributed by atoms with E-state index in [0.29, 0.717) is 11.7 Å². The molecule has 1 unspecified atom stereocenters. The molecule has 4 heteroatoms. The smallest absolute Gasteiger partial charge is 0.318 e. The van der Waals surface area contributed by atoms with Gasteiger partial charge in [0.25, 0.3) is 0 Å². The molecule has 0 heterocycles. The first-order valence-corrected chi connectivity index (χ1v) is 11.3. The van der Waals surface area contributed by atoms with E-state index >= 15 is 0 Å². The highest BCUT2D eigenvalue weighted by atomic mass is 16.5. The Kier molecular flexibility index (Phi) is 9.99. The van der Waals surface area contributed by atoms with Gasteiger partial charge in [-0.3, -0.25) is 4.79 Å². The molecule has 0 amide bonds. The minimum Gasteiger partial charge on any atom is -0.497 e. The third-order valence-electron chi connectivity index (χ3n) is 5.23. The van der Waals surface area contributed by atoms with E-state index in [4.69, 9.17) is 14.2 Å². The number of hydrogen-bond acceptors (Lipinski definition) is 4. The van der Waals surface area contributed by atoms with Crippen molar-refractivity contribution < 1.29 is 19.0 Å². The number of ether oxygens (including phenoxy) is 3. The fraction of sp³-hybridized carbons (Fsp3) is 0.345. The van der Waals surface area contributed by atoms with E-state index in [0.717, 1.165) is 34.6 Å². The molecule has 1 atom stereocenters. The fourth-order valence-electron chi connectivity index (χ4n) is 3.29. The molecular weight excluding hydrogens is 412 g/mol. The standard InChI is InChI=1S/C29H36O4/c1-20(2)16-24-12-14-26(15-13-24)23(5)29(30)33-22(4)10-8-21(3)9-11-25-17-27(31-6)19-28(18-25)32-7/h8-15,17-20,23H,16H2,1-7H3. The fourth-order valence-corrected chi connectivity index (χ4v) is 3.29. The van der Waals surface area contributed by atoms with Gasteiger partial charge in [0.1, 0.15) is 17.3 Å². The van der Waals surface area contributed by atoms with Gasteiger partial charge in [0.15, 0.2) is 0 Å². The average molecular weight is 449 g/mol. The van der Waals surface area contributed by atoms with E-state index in [-0.39, 0.29) is 11.9 Å². The summed E-state index contributed by atoms with van der Waals surface area (Å²) in [6, 6.07) is 13.9. The third kappa shape index (κ3) is 8.64. The van der Waals surface area contributed by atoms with Gasteiger partial charge in [-0.25, -0.2) is 0 Å². The second kappa shape index (κ2) is 12.7. The number of carbonyl (C=O) groups is 1. The molecule has 0 aliphatic heterocycles. The largest absolute Gasteiger partial charge is 0.497 e. The van der Waals surface area contributed by atoms with Gasteiger partial charge < -0.3 is 14.2 Å². The topological polar surface area (TPSA) is 44.8 Å². The summed E-state index contributed by atoms with van der Waals surface area (Å²) in [5.74, 6) is 2.05. The molecule has 0 radical (unpaired) electrons. The lowest BCUT2D eigenvalue weighted by Crippen LogP contribution is -2.12. The zero-order chi connectivity index (χ0) is 24.4. The molecule has 0 aliphatic rings. The van der Waals surface area contributed by atoms with Crippen molar-refractivity contribution >= 4 is 12.0 Å². The van der Waals surface area contributed by atoms with Gasteiger partial charge in [-0.2, -0.15) is 0 Å². The highest BCUT2D eigenvalue weighted by Gasteiger charge is 2.17. The predicted molar refractivity (Wildman–Crippen MR) is 136 cm³/mol. The van der Waals surface area contributed by atoms with Crippen molar-refractivity contribution in [2.45, 2.75) is 47.0 Å². The molecule has 0 spiro atoms. The number of benzene rings is 2. The first-order valence-electron chi connectivity index (χ1n) is 11.3. The van der Waals surface area contributed by atoms with E-state index in [1.807, 2.05) is 68.5 Å². The van der Waals surface area contributed by atoms with Gasteiger partial charge in [-0.05, 0) is 68.0 Å². The van der Waals surface area contributed by atoms with Crippen LogP contribution in [0.4, 0.5) is 0 Å². The Morgan fingerprint density at radius 3 is 2.06 bits per heavy atom. The molecule has 0 aromatic heterocycles. The molecule has 0 fully saturated rings. The van der Waals surface area contributed by atoms with E-state index < -0.39 is 0 Å². The predicted octanol–water partition coefficient (Wildman–Crippen LogP) is 7.11. The van der Waals surface area contributed by atoms with Crippen molar-refractivity contribution in [2.75, 3.05) is 14.2 Å². The Hall–Kier alpha value is -3.27. The molecular formula is C29H36O4. The SMILES string of the molecule is COc1cc(C=CC(C)=CC=C(C)OC(=O)C(C)c2ccc(CC(C)C)cc2)cc(OC)c1. The summed E-state index contributed by atoms with van der Waals surface area (Å²) in [5.41, 5.74) is 4.23. The van der Waals surface area contributed by atoms with Gasteiger partial charge in [-0.1, -0.05) is 61.9 Å². The Morgan fingerprint density at radius 2 is 1.52 bits per heavy atom. The minimum atomic E-state index is -0.325. The Morgan fingerprint density at radius 1 is 0.909 bits per heavy atom. The van der Waals surface area contributed by atoms with Crippen molar-refractivity contribution in [1.82, 2.24) is 0 Å². The normalized spacial score (nSPS) is 13.3. The van der Waals surface area contributed by atoms with Crippen LogP contribution in [0.5, 0.6) is 11.5 Å². The lowest BCUT2D eigenvalue weighted by molar-refractivity contribution is -0.140. The molecule has 2 aromatic carbocycles. The van der Waals surface area contributed by atoms with E-state index in [9.17, 15) is 4.79 Å². The molecule has 0 saturated heterocycles. The van der Waals surface area contributed by atoms with Gasteiger partial charge in [-0.15, -0.1) is 0 Å². The summed E-state index contributed by atoms with van der Waals surface area (Å²) in [4.78, 5) is 12.6. The zero-order valence-electron chi connectivity index (χ0n) is 20.8. The summed E-state index contributed by atoms with van der Waals surface area (Å²) < 4.78 is 16.2. The number of methoxy groups -OCH3 is 2. The Bertz CT molecular complexity index is 988. The van der Waals surface area contributed by atoms with Crippen molar-refractivity contribution in [1.29, 1.82) is 0 Å². The molecule has 4 nitrogen and oxygen atoms in total. The van der Waals surface area contributed by atoms with Crippen molar-refractivity contribution in [2.24, 2.45) is 5.92 Å². The van der Waals surface area contributed by atoms with Crippen LogP contribution >= 0.6 is 0 Å². The first kappa shape index (κ1) is 26.0. The number of hydrogen-bond donors (Lipinski definition) is 0. The average Bonchev–Trinajstić information content (AvgIpc) is 2.80. The van der Waals surface area contributed by atoms with Crippen LogP contribution in [-0.4, -0.2) is 20.2 Å². The third-order valence-corrected chi connectivity index (χ3v) is 5.23. The van der Waals surface area contributed by atoms with Crippen LogP contribution in [0, 0.1) is 5.92 Å². The second-order valence-corrected chi connectivity index (χ2v) is 8.65. The zero-order valence-corrected chi connectivity index (χ0v) is 20.8. The van der Waals surface area contributed by atoms with E-state index in [1.54, 1.807) is 21.1 Å². The maximum atomic E-state index is 12.6. The number of allylic oxidation sites excluding steroid dienone is 5. The van der Waals surface area contributed by atoms with Crippen LogP contribution in [0.15, 0.2) is 72.0 Å². The van der Waals surface area contributed by atoms with E-state index in [1.165, 1.54) is 5.56 Å².